The first-order chi connectivity index (χ1) is 15.0. The zero-order valence-corrected chi connectivity index (χ0v) is 18.7. The molecule has 0 radical (unpaired) electrons. The second kappa shape index (κ2) is 11.4. The number of aryl methyl sites for hydroxylation is 3. The van der Waals surface area contributed by atoms with Gasteiger partial charge in [-0.2, -0.15) is 0 Å². The first-order valence-corrected chi connectivity index (χ1v) is 11.6. The minimum Gasteiger partial charge on any atom is -0.207 e. The second-order valence-corrected chi connectivity index (χ2v) is 8.59. The number of hydrogen-bond acceptors (Lipinski definition) is 0. The normalized spacial score (nSPS) is 16.7. The highest BCUT2D eigenvalue weighted by atomic mass is 19.2. The molecule has 0 bridgehead atoms. The van der Waals surface area contributed by atoms with E-state index in [2.05, 4.69) is 12.2 Å². The molecule has 0 amide bonds. The van der Waals surface area contributed by atoms with Crippen molar-refractivity contribution >= 4 is 5.57 Å². The SMILES string of the molecule is CC=CCCc1ccc(CCC2CC=C(c3ccc(CCC)c(F)c3F)CC2)cc1F. The lowest BCUT2D eigenvalue weighted by Gasteiger charge is -2.23. The summed E-state index contributed by atoms with van der Waals surface area (Å²) in [5.41, 5.74) is 3.57. The Morgan fingerprint density at radius 3 is 2.45 bits per heavy atom. The molecule has 1 aliphatic rings. The first kappa shape index (κ1) is 23.4. The number of rotatable bonds is 9. The van der Waals surface area contributed by atoms with Crippen LogP contribution in [0.25, 0.3) is 5.57 Å². The molecule has 0 heterocycles. The van der Waals surface area contributed by atoms with Crippen molar-refractivity contribution in [3.05, 3.63) is 88.3 Å². The maximum Gasteiger partial charge on any atom is 0.166 e. The maximum absolute atomic E-state index is 14.5. The molecule has 0 spiro atoms. The Hall–Kier alpha value is -2.29. The minimum atomic E-state index is -0.708. The van der Waals surface area contributed by atoms with Crippen LogP contribution in [0.4, 0.5) is 13.2 Å². The molecule has 0 aromatic heterocycles. The maximum atomic E-state index is 14.5. The van der Waals surface area contributed by atoms with Crippen molar-refractivity contribution in [2.45, 2.75) is 71.6 Å². The molecule has 31 heavy (non-hydrogen) atoms. The van der Waals surface area contributed by atoms with Crippen LogP contribution < -0.4 is 0 Å². The van der Waals surface area contributed by atoms with Gasteiger partial charge in [0.1, 0.15) is 5.82 Å². The molecule has 0 N–H and O–H groups in total. The summed E-state index contributed by atoms with van der Waals surface area (Å²) < 4.78 is 43.2. The second-order valence-electron chi connectivity index (χ2n) is 8.59. The lowest BCUT2D eigenvalue weighted by Crippen LogP contribution is -2.08. The quantitative estimate of drug-likeness (QED) is 0.353. The van der Waals surface area contributed by atoms with E-state index in [0.29, 0.717) is 23.5 Å². The van der Waals surface area contributed by atoms with Crippen LogP contribution in [0.3, 0.4) is 0 Å². The Balaban J connectivity index is 1.56. The van der Waals surface area contributed by atoms with Gasteiger partial charge in [0, 0.05) is 5.56 Å². The molecule has 0 aliphatic heterocycles. The molecule has 3 rings (SSSR count). The van der Waals surface area contributed by atoms with Crippen molar-refractivity contribution in [2.24, 2.45) is 5.92 Å². The van der Waals surface area contributed by atoms with Gasteiger partial charge in [0.05, 0.1) is 0 Å². The van der Waals surface area contributed by atoms with Gasteiger partial charge in [-0.25, -0.2) is 13.2 Å². The van der Waals surface area contributed by atoms with E-state index >= 15 is 0 Å². The zero-order valence-electron chi connectivity index (χ0n) is 18.7. The van der Waals surface area contributed by atoms with Gasteiger partial charge in [0.25, 0.3) is 0 Å². The van der Waals surface area contributed by atoms with E-state index in [4.69, 9.17) is 0 Å². The summed E-state index contributed by atoms with van der Waals surface area (Å²) in [6, 6.07) is 9.07. The lowest BCUT2D eigenvalue weighted by atomic mass is 9.83. The molecule has 1 atom stereocenters. The number of benzene rings is 2. The molecule has 2 aromatic rings. The van der Waals surface area contributed by atoms with Gasteiger partial charge < -0.3 is 0 Å². The first-order valence-electron chi connectivity index (χ1n) is 11.6. The third kappa shape index (κ3) is 6.12. The van der Waals surface area contributed by atoms with E-state index in [9.17, 15) is 13.2 Å². The lowest BCUT2D eigenvalue weighted by molar-refractivity contribution is 0.448. The highest BCUT2D eigenvalue weighted by Gasteiger charge is 2.20. The van der Waals surface area contributed by atoms with E-state index < -0.39 is 11.6 Å². The molecule has 0 fully saturated rings. The Morgan fingerprint density at radius 2 is 1.77 bits per heavy atom. The van der Waals surface area contributed by atoms with Crippen LogP contribution in [0.5, 0.6) is 0 Å². The van der Waals surface area contributed by atoms with Crippen LogP contribution in [-0.4, -0.2) is 0 Å². The van der Waals surface area contributed by atoms with Gasteiger partial charge in [-0.1, -0.05) is 55.8 Å². The van der Waals surface area contributed by atoms with Crippen LogP contribution in [0, 0.1) is 23.4 Å². The molecule has 0 saturated heterocycles. The monoisotopic (exact) mass is 426 g/mol. The summed E-state index contributed by atoms with van der Waals surface area (Å²) in [5, 5.41) is 0. The van der Waals surface area contributed by atoms with Crippen molar-refractivity contribution < 1.29 is 13.2 Å². The van der Waals surface area contributed by atoms with E-state index in [1.54, 1.807) is 18.2 Å². The van der Waals surface area contributed by atoms with Crippen LogP contribution in [-0.2, 0) is 19.3 Å². The number of allylic oxidation sites excluding steroid dienone is 4. The average Bonchev–Trinajstić information content (AvgIpc) is 2.78. The molecular formula is C28H33F3. The summed E-state index contributed by atoms with van der Waals surface area (Å²) in [4.78, 5) is 0. The molecule has 166 valence electrons. The number of halogens is 3. The van der Waals surface area contributed by atoms with Crippen LogP contribution >= 0.6 is 0 Å². The smallest absolute Gasteiger partial charge is 0.166 e. The standard InChI is InChI=1S/C28H33F3/c1-3-5-6-8-23-16-13-21(19-26(23)29)10-9-20-11-14-22(15-12-20)25-18-17-24(7-4-2)27(30)28(25)31/h3,5,13-14,16-20H,4,6-12,15H2,1-2H3. The average molecular weight is 427 g/mol. The largest absolute Gasteiger partial charge is 0.207 e. The van der Waals surface area contributed by atoms with Crippen LogP contribution in [0.15, 0.2) is 48.6 Å². The van der Waals surface area contributed by atoms with Gasteiger partial charge in [-0.05, 0) is 92.5 Å². The summed E-state index contributed by atoms with van der Waals surface area (Å²) >= 11 is 0. The third-order valence-electron chi connectivity index (χ3n) is 6.32. The molecule has 0 nitrogen and oxygen atoms in total. The van der Waals surface area contributed by atoms with Gasteiger partial charge in [0.2, 0.25) is 0 Å². The minimum absolute atomic E-state index is 0.114. The van der Waals surface area contributed by atoms with Crippen molar-refractivity contribution in [1.29, 1.82) is 0 Å². The van der Waals surface area contributed by atoms with E-state index in [0.717, 1.165) is 68.1 Å². The summed E-state index contributed by atoms with van der Waals surface area (Å²) in [6.07, 6.45) is 13.4. The zero-order chi connectivity index (χ0) is 22.2. The van der Waals surface area contributed by atoms with Crippen molar-refractivity contribution in [2.75, 3.05) is 0 Å². The summed E-state index contributed by atoms with van der Waals surface area (Å²) in [7, 11) is 0. The van der Waals surface area contributed by atoms with Crippen molar-refractivity contribution in [3.8, 4) is 0 Å². The molecule has 1 aliphatic carbocycles. The Morgan fingerprint density at radius 1 is 0.968 bits per heavy atom. The third-order valence-corrected chi connectivity index (χ3v) is 6.32. The van der Waals surface area contributed by atoms with Crippen molar-refractivity contribution in [1.82, 2.24) is 0 Å². The van der Waals surface area contributed by atoms with E-state index in [1.807, 2.05) is 32.1 Å². The van der Waals surface area contributed by atoms with Crippen molar-refractivity contribution in [3.63, 3.8) is 0 Å². The van der Waals surface area contributed by atoms with Gasteiger partial charge in [0.15, 0.2) is 11.6 Å². The fourth-order valence-corrected chi connectivity index (χ4v) is 4.42. The van der Waals surface area contributed by atoms with Crippen LogP contribution in [0.2, 0.25) is 0 Å². The molecule has 1 unspecified atom stereocenters. The topological polar surface area (TPSA) is 0 Å². The molecule has 0 saturated carbocycles. The molecular weight excluding hydrogens is 393 g/mol. The molecule has 2 aromatic carbocycles. The highest BCUT2D eigenvalue weighted by Crippen LogP contribution is 2.34. The predicted molar refractivity (Wildman–Crippen MR) is 124 cm³/mol. The highest BCUT2D eigenvalue weighted by molar-refractivity contribution is 5.67. The fraction of sp³-hybridized carbons (Fsp3) is 0.429. The van der Waals surface area contributed by atoms with Gasteiger partial charge in [-0.15, -0.1) is 0 Å². The summed E-state index contributed by atoms with van der Waals surface area (Å²) in [6.45, 7) is 3.93. The Labute approximate surface area is 184 Å². The Kier molecular flexibility index (Phi) is 8.57. The fourth-order valence-electron chi connectivity index (χ4n) is 4.42. The predicted octanol–water partition coefficient (Wildman–Crippen LogP) is 8.38. The van der Waals surface area contributed by atoms with E-state index in [1.165, 1.54) is 0 Å². The molecule has 3 heteroatoms. The van der Waals surface area contributed by atoms with Gasteiger partial charge in [-0.3, -0.25) is 0 Å². The van der Waals surface area contributed by atoms with E-state index in [-0.39, 0.29) is 5.82 Å². The summed E-state index contributed by atoms with van der Waals surface area (Å²) in [5.74, 6) is -1.02. The van der Waals surface area contributed by atoms with Gasteiger partial charge >= 0.3 is 0 Å². The van der Waals surface area contributed by atoms with Crippen LogP contribution in [0.1, 0.15) is 74.6 Å². The number of hydrogen-bond donors (Lipinski definition) is 0. The Bertz CT molecular complexity index is 940.